The summed E-state index contributed by atoms with van der Waals surface area (Å²) in [6.45, 7) is -0.130. The largest absolute Gasteiger partial charge is 0.348 e. The van der Waals surface area contributed by atoms with Gasteiger partial charge in [-0.1, -0.05) is 41.6 Å². The fraction of sp³-hybridized carbons (Fsp3) is 0.222. The smallest absolute Gasteiger partial charge is 0.278 e. The molecule has 2 aromatic carbocycles. The molecular formula is C18H16N4O2. The van der Waals surface area contributed by atoms with Crippen molar-refractivity contribution in [1.29, 1.82) is 0 Å². The van der Waals surface area contributed by atoms with Crippen molar-refractivity contribution in [2.24, 2.45) is 0 Å². The molecule has 6 heteroatoms. The highest BCUT2D eigenvalue weighted by molar-refractivity contribution is 5.78. The summed E-state index contributed by atoms with van der Waals surface area (Å²) < 4.78 is 1.11. The molecule has 24 heavy (non-hydrogen) atoms. The van der Waals surface area contributed by atoms with E-state index in [4.69, 9.17) is 0 Å². The second kappa shape index (κ2) is 5.88. The van der Waals surface area contributed by atoms with Crippen LogP contribution in [-0.4, -0.2) is 20.9 Å². The van der Waals surface area contributed by atoms with Crippen molar-refractivity contribution in [2.45, 2.75) is 25.4 Å². The maximum atomic E-state index is 12.4. The molecular weight excluding hydrogens is 304 g/mol. The van der Waals surface area contributed by atoms with Crippen LogP contribution in [0.2, 0.25) is 0 Å². The molecule has 0 bridgehead atoms. The molecule has 0 spiro atoms. The van der Waals surface area contributed by atoms with Crippen LogP contribution in [0, 0.1) is 0 Å². The first-order chi connectivity index (χ1) is 11.7. The Hall–Kier alpha value is -3.02. The van der Waals surface area contributed by atoms with Crippen molar-refractivity contribution in [3.63, 3.8) is 0 Å². The van der Waals surface area contributed by atoms with E-state index in [1.165, 1.54) is 5.56 Å². The van der Waals surface area contributed by atoms with Gasteiger partial charge in [-0.05, 0) is 36.1 Å². The number of nitrogens with zero attached hydrogens (tertiary/aromatic N) is 3. The number of benzene rings is 2. The molecule has 6 nitrogen and oxygen atoms in total. The van der Waals surface area contributed by atoms with Crippen LogP contribution in [0.25, 0.3) is 10.9 Å². The van der Waals surface area contributed by atoms with Gasteiger partial charge in [0.15, 0.2) is 0 Å². The van der Waals surface area contributed by atoms with E-state index in [0.29, 0.717) is 10.9 Å². The Bertz CT molecular complexity index is 980. The Morgan fingerprint density at radius 1 is 1.17 bits per heavy atom. The highest BCUT2D eigenvalue weighted by atomic mass is 16.2. The Labute approximate surface area is 138 Å². The second-order valence-electron chi connectivity index (χ2n) is 5.93. The van der Waals surface area contributed by atoms with Gasteiger partial charge in [0.05, 0.1) is 11.4 Å². The molecule has 1 atom stereocenters. The number of rotatable bonds is 3. The van der Waals surface area contributed by atoms with Crippen molar-refractivity contribution in [3.05, 3.63) is 70.0 Å². The summed E-state index contributed by atoms with van der Waals surface area (Å²) in [7, 11) is 0. The Morgan fingerprint density at radius 3 is 2.88 bits per heavy atom. The van der Waals surface area contributed by atoms with Crippen molar-refractivity contribution in [3.8, 4) is 0 Å². The number of amides is 1. The molecule has 1 N–H and O–H groups in total. The lowest BCUT2D eigenvalue weighted by Gasteiger charge is -2.14. The fourth-order valence-electron chi connectivity index (χ4n) is 3.21. The molecule has 1 aliphatic rings. The topological polar surface area (TPSA) is 76.9 Å². The zero-order valence-corrected chi connectivity index (χ0v) is 13.0. The minimum absolute atomic E-state index is 0.00202. The third-order valence-corrected chi connectivity index (χ3v) is 4.39. The monoisotopic (exact) mass is 320 g/mol. The predicted octanol–water partition coefficient (Wildman–Crippen LogP) is 1.60. The Morgan fingerprint density at radius 2 is 1.96 bits per heavy atom. The first kappa shape index (κ1) is 14.6. The molecule has 0 fully saturated rings. The molecule has 1 unspecified atom stereocenters. The van der Waals surface area contributed by atoms with Crippen LogP contribution in [-0.2, 0) is 17.8 Å². The van der Waals surface area contributed by atoms with Gasteiger partial charge in [-0.2, -0.15) is 0 Å². The van der Waals surface area contributed by atoms with Gasteiger partial charge in [0.1, 0.15) is 12.1 Å². The van der Waals surface area contributed by atoms with Crippen LogP contribution >= 0.6 is 0 Å². The summed E-state index contributed by atoms with van der Waals surface area (Å²) in [4.78, 5) is 24.7. The molecule has 4 rings (SSSR count). The summed E-state index contributed by atoms with van der Waals surface area (Å²) in [6, 6.07) is 15.1. The van der Waals surface area contributed by atoms with Gasteiger partial charge in [-0.15, -0.1) is 5.10 Å². The number of hydrogen-bond donors (Lipinski definition) is 1. The van der Waals surface area contributed by atoms with Crippen molar-refractivity contribution < 1.29 is 4.79 Å². The lowest BCUT2D eigenvalue weighted by atomic mass is 10.1. The van der Waals surface area contributed by atoms with Crippen LogP contribution in [0.4, 0.5) is 0 Å². The minimum atomic E-state index is -0.303. The van der Waals surface area contributed by atoms with E-state index in [-0.39, 0.29) is 24.1 Å². The third kappa shape index (κ3) is 2.56. The lowest BCUT2D eigenvalue weighted by Crippen LogP contribution is -2.35. The van der Waals surface area contributed by atoms with E-state index in [0.717, 1.165) is 23.1 Å². The van der Waals surface area contributed by atoms with Crippen LogP contribution in [0.1, 0.15) is 23.6 Å². The van der Waals surface area contributed by atoms with Gasteiger partial charge in [0, 0.05) is 0 Å². The van der Waals surface area contributed by atoms with Crippen LogP contribution < -0.4 is 10.9 Å². The molecule has 0 saturated heterocycles. The number of carbonyl (C=O) groups excluding carboxylic acids is 1. The first-order valence-corrected chi connectivity index (χ1v) is 7.92. The summed E-state index contributed by atoms with van der Waals surface area (Å²) in [6.07, 6.45) is 1.83. The molecule has 3 aromatic rings. The second-order valence-corrected chi connectivity index (χ2v) is 5.93. The van der Waals surface area contributed by atoms with Gasteiger partial charge >= 0.3 is 0 Å². The fourth-order valence-corrected chi connectivity index (χ4v) is 3.21. The third-order valence-electron chi connectivity index (χ3n) is 4.39. The predicted molar refractivity (Wildman–Crippen MR) is 89.4 cm³/mol. The summed E-state index contributed by atoms with van der Waals surface area (Å²) in [5.74, 6) is -0.233. The number of carbonyl (C=O) groups is 1. The Balaban J connectivity index is 1.53. The van der Waals surface area contributed by atoms with Gasteiger partial charge in [-0.3, -0.25) is 9.59 Å². The van der Waals surface area contributed by atoms with E-state index >= 15 is 0 Å². The van der Waals surface area contributed by atoms with Gasteiger partial charge < -0.3 is 5.32 Å². The minimum Gasteiger partial charge on any atom is -0.348 e. The zero-order chi connectivity index (χ0) is 16.5. The molecule has 1 heterocycles. The molecule has 0 aliphatic heterocycles. The molecule has 120 valence electrons. The standard InChI is InChI=1S/C18H16N4O2/c23-17(19-15-10-9-12-5-1-2-6-13(12)15)11-22-18(24)14-7-3-4-8-16(14)20-21-22/h1-8,15H,9-11H2,(H,19,23). The maximum Gasteiger partial charge on any atom is 0.278 e. The van der Waals surface area contributed by atoms with Crippen LogP contribution in [0.3, 0.4) is 0 Å². The van der Waals surface area contributed by atoms with Crippen molar-refractivity contribution in [1.82, 2.24) is 20.3 Å². The quantitative estimate of drug-likeness (QED) is 0.795. The summed E-state index contributed by atoms with van der Waals surface area (Å²) in [5.41, 5.74) is 2.65. The average Bonchev–Trinajstić information content (AvgIpc) is 3.01. The maximum absolute atomic E-state index is 12.4. The van der Waals surface area contributed by atoms with Crippen LogP contribution in [0.5, 0.6) is 0 Å². The molecule has 1 amide bonds. The van der Waals surface area contributed by atoms with E-state index in [2.05, 4.69) is 21.7 Å². The first-order valence-electron chi connectivity index (χ1n) is 7.92. The highest BCUT2D eigenvalue weighted by Crippen LogP contribution is 2.30. The summed E-state index contributed by atoms with van der Waals surface area (Å²) >= 11 is 0. The van der Waals surface area contributed by atoms with E-state index < -0.39 is 0 Å². The van der Waals surface area contributed by atoms with E-state index in [1.807, 2.05) is 18.2 Å². The molecule has 1 aromatic heterocycles. The van der Waals surface area contributed by atoms with Crippen LogP contribution in [0.15, 0.2) is 53.3 Å². The molecule has 1 aliphatic carbocycles. The van der Waals surface area contributed by atoms with Gasteiger partial charge in [0.2, 0.25) is 5.91 Å². The van der Waals surface area contributed by atoms with E-state index in [1.54, 1.807) is 24.3 Å². The van der Waals surface area contributed by atoms with Gasteiger partial charge in [0.25, 0.3) is 5.56 Å². The number of nitrogens with one attached hydrogen (secondary N) is 1. The zero-order valence-electron chi connectivity index (χ0n) is 13.0. The summed E-state index contributed by atoms with van der Waals surface area (Å²) in [5, 5.41) is 11.3. The van der Waals surface area contributed by atoms with Crippen molar-refractivity contribution >= 4 is 16.8 Å². The molecule has 0 radical (unpaired) electrons. The Kier molecular flexibility index (Phi) is 3.57. The average molecular weight is 320 g/mol. The molecule has 0 saturated carbocycles. The highest BCUT2D eigenvalue weighted by Gasteiger charge is 2.23. The number of aromatic nitrogens is 3. The number of hydrogen-bond acceptors (Lipinski definition) is 4. The normalized spacial score (nSPS) is 16.1. The van der Waals surface area contributed by atoms with Gasteiger partial charge in [-0.25, -0.2) is 4.68 Å². The van der Waals surface area contributed by atoms with E-state index in [9.17, 15) is 9.59 Å². The lowest BCUT2D eigenvalue weighted by molar-refractivity contribution is -0.122. The number of fused-ring (bicyclic) bond motifs is 2. The number of aryl methyl sites for hydroxylation is 1. The SMILES string of the molecule is O=C(Cn1nnc2ccccc2c1=O)NC1CCc2ccccc21. The van der Waals surface area contributed by atoms with Crippen molar-refractivity contribution in [2.75, 3.05) is 0 Å².